The summed E-state index contributed by atoms with van der Waals surface area (Å²) < 4.78 is 9.69. The van der Waals surface area contributed by atoms with Gasteiger partial charge in [0.1, 0.15) is 6.04 Å². The molecule has 1 N–H and O–H groups in total. The van der Waals surface area contributed by atoms with Crippen molar-refractivity contribution in [3.63, 3.8) is 0 Å². The maximum Gasteiger partial charge on any atom is 0.322 e. The Morgan fingerprint density at radius 3 is 2.21 bits per heavy atom. The Morgan fingerprint density at radius 1 is 1.29 bits per heavy atom. The summed E-state index contributed by atoms with van der Waals surface area (Å²) >= 11 is 0. The largest absolute Gasteiger partial charge is 0.468 e. The van der Waals surface area contributed by atoms with Crippen LogP contribution in [0.2, 0.25) is 0 Å². The van der Waals surface area contributed by atoms with Crippen LogP contribution in [0.15, 0.2) is 0 Å². The van der Waals surface area contributed by atoms with Crippen LogP contribution in [0.4, 0.5) is 0 Å². The molecule has 14 heavy (non-hydrogen) atoms. The lowest BCUT2D eigenvalue weighted by atomic mass is 10.0. The van der Waals surface area contributed by atoms with Gasteiger partial charge in [-0.25, -0.2) is 0 Å². The molecule has 0 aliphatic heterocycles. The zero-order valence-corrected chi connectivity index (χ0v) is 9.66. The topological polar surface area (TPSA) is 47.6 Å². The number of hydrogen-bond acceptors (Lipinski definition) is 4. The number of rotatable bonds is 6. The lowest BCUT2D eigenvalue weighted by molar-refractivity contribution is -0.143. The molecule has 0 unspecified atom stereocenters. The van der Waals surface area contributed by atoms with Gasteiger partial charge in [-0.05, 0) is 12.8 Å². The molecule has 4 heteroatoms. The number of methoxy groups -OCH3 is 2. The molecule has 0 aliphatic carbocycles. The van der Waals surface area contributed by atoms with Crippen molar-refractivity contribution in [3.8, 4) is 0 Å². The molecule has 0 rings (SSSR count). The van der Waals surface area contributed by atoms with Gasteiger partial charge in [-0.15, -0.1) is 0 Å². The molecular formula is C10H21NO3. The van der Waals surface area contributed by atoms with Crippen molar-refractivity contribution >= 4 is 5.97 Å². The van der Waals surface area contributed by atoms with Gasteiger partial charge in [-0.1, -0.05) is 13.8 Å². The quantitative estimate of drug-likeness (QED) is 0.649. The van der Waals surface area contributed by atoms with Crippen LogP contribution in [0.5, 0.6) is 0 Å². The number of carbonyl (C=O) groups excluding carboxylic acids is 1. The minimum Gasteiger partial charge on any atom is -0.468 e. The Balaban J connectivity index is 4.08. The highest BCUT2D eigenvalue weighted by atomic mass is 16.5. The lowest BCUT2D eigenvalue weighted by Gasteiger charge is -2.24. The molecule has 0 saturated carbocycles. The van der Waals surface area contributed by atoms with E-state index in [1.807, 2.05) is 0 Å². The van der Waals surface area contributed by atoms with Gasteiger partial charge >= 0.3 is 5.97 Å². The van der Waals surface area contributed by atoms with Gasteiger partial charge in [0, 0.05) is 13.2 Å². The molecule has 84 valence electrons. The molecule has 0 heterocycles. The number of carbonyl (C=O) groups is 1. The summed E-state index contributed by atoms with van der Waals surface area (Å²) in [5.74, 6) is 0.175. The van der Waals surface area contributed by atoms with E-state index in [9.17, 15) is 4.79 Å². The van der Waals surface area contributed by atoms with Crippen molar-refractivity contribution in [2.75, 3.05) is 20.8 Å². The molecule has 0 aromatic carbocycles. The van der Waals surface area contributed by atoms with Crippen LogP contribution in [0.1, 0.15) is 20.8 Å². The van der Waals surface area contributed by atoms with Gasteiger partial charge in [0.05, 0.1) is 13.7 Å². The average Bonchev–Trinajstić information content (AvgIpc) is 2.15. The van der Waals surface area contributed by atoms with Crippen LogP contribution in [-0.4, -0.2) is 38.9 Å². The summed E-state index contributed by atoms with van der Waals surface area (Å²) in [6.07, 6.45) is 0. The summed E-state index contributed by atoms with van der Waals surface area (Å²) in [6, 6.07) is -0.114. The van der Waals surface area contributed by atoms with E-state index in [1.54, 1.807) is 14.0 Å². The van der Waals surface area contributed by atoms with Crippen LogP contribution in [0.25, 0.3) is 0 Å². The van der Waals surface area contributed by atoms with Crippen LogP contribution in [0.3, 0.4) is 0 Å². The van der Waals surface area contributed by atoms with E-state index >= 15 is 0 Å². The van der Waals surface area contributed by atoms with Gasteiger partial charge in [0.25, 0.3) is 0 Å². The minimum absolute atomic E-state index is 0.175. The maximum atomic E-state index is 11.1. The molecule has 0 bridgehead atoms. The molecule has 0 fully saturated rings. The van der Waals surface area contributed by atoms with Gasteiger partial charge in [-0.2, -0.15) is 0 Å². The summed E-state index contributed by atoms with van der Waals surface area (Å²) in [5, 5.41) is 3.17. The van der Waals surface area contributed by atoms with E-state index in [-0.39, 0.29) is 18.1 Å². The Kier molecular flexibility index (Phi) is 6.49. The SMILES string of the molecule is COC[C@@H](N[C@@H](C)C(=O)OC)C(C)C. The second-order valence-corrected chi connectivity index (χ2v) is 3.72. The van der Waals surface area contributed by atoms with Crippen LogP contribution < -0.4 is 5.32 Å². The molecule has 0 spiro atoms. The van der Waals surface area contributed by atoms with E-state index < -0.39 is 0 Å². The zero-order valence-electron chi connectivity index (χ0n) is 9.66. The van der Waals surface area contributed by atoms with E-state index in [4.69, 9.17) is 4.74 Å². The van der Waals surface area contributed by atoms with Crippen molar-refractivity contribution in [1.29, 1.82) is 0 Å². The van der Waals surface area contributed by atoms with Crippen molar-refractivity contribution in [2.24, 2.45) is 5.92 Å². The summed E-state index contributed by atoms with van der Waals surface area (Å²) in [7, 11) is 3.04. The second-order valence-electron chi connectivity index (χ2n) is 3.72. The molecule has 4 nitrogen and oxygen atoms in total. The molecule has 0 aliphatic rings. The zero-order chi connectivity index (χ0) is 11.1. The van der Waals surface area contributed by atoms with Crippen molar-refractivity contribution in [2.45, 2.75) is 32.9 Å². The highest BCUT2D eigenvalue weighted by Crippen LogP contribution is 2.03. The monoisotopic (exact) mass is 203 g/mol. The fourth-order valence-corrected chi connectivity index (χ4v) is 1.18. The van der Waals surface area contributed by atoms with Crippen molar-refractivity contribution < 1.29 is 14.3 Å². The second kappa shape index (κ2) is 6.79. The molecule has 0 radical (unpaired) electrons. The Morgan fingerprint density at radius 2 is 1.86 bits per heavy atom. The molecule has 0 saturated heterocycles. The first-order valence-electron chi connectivity index (χ1n) is 4.85. The third-order valence-corrected chi connectivity index (χ3v) is 2.17. The minimum atomic E-state index is -0.289. The number of nitrogens with one attached hydrogen (secondary N) is 1. The average molecular weight is 203 g/mol. The maximum absolute atomic E-state index is 11.1. The van der Waals surface area contributed by atoms with Crippen molar-refractivity contribution in [3.05, 3.63) is 0 Å². The third kappa shape index (κ3) is 4.58. The number of ether oxygens (including phenoxy) is 2. The summed E-state index contributed by atoms with van der Waals surface area (Å²) in [5.41, 5.74) is 0. The van der Waals surface area contributed by atoms with Crippen LogP contribution in [-0.2, 0) is 14.3 Å². The Labute approximate surface area is 86.0 Å². The molecule has 2 atom stereocenters. The Hall–Kier alpha value is -0.610. The summed E-state index contributed by atoms with van der Waals surface area (Å²) in [4.78, 5) is 11.1. The molecular weight excluding hydrogens is 182 g/mol. The van der Waals surface area contributed by atoms with Gasteiger partial charge in [-0.3, -0.25) is 10.1 Å². The molecule has 0 aromatic heterocycles. The third-order valence-electron chi connectivity index (χ3n) is 2.17. The predicted octanol–water partition coefficient (Wildman–Crippen LogP) is 0.808. The smallest absolute Gasteiger partial charge is 0.322 e. The summed E-state index contributed by atoms with van der Waals surface area (Å²) in [6.45, 7) is 6.55. The normalized spacial score (nSPS) is 15.3. The van der Waals surface area contributed by atoms with E-state index in [2.05, 4.69) is 23.9 Å². The number of esters is 1. The van der Waals surface area contributed by atoms with Crippen molar-refractivity contribution in [1.82, 2.24) is 5.32 Å². The predicted molar refractivity (Wildman–Crippen MR) is 55.1 cm³/mol. The van der Waals surface area contributed by atoms with E-state index in [0.717, 1.165) is 0 Å². The number of hydrogen-bond donors (Lipinski definition) is 1. The Bertz CT molecular complexity index is 171. The highest BCUT2D eigenvalue weighted by Gasteiger charge is 2.20. The fraction of sp³-hybridized carbons (Fsp3) is 0.900. The molecule has 0 amide bonds. The highest BCUT2D eigenvalue weighted by molar-refractivity contribution is 5.75. The van der Waals surface area contributed by atoms with Crippen LogP contribution >= 0.6 is 0 Å². The van der Waals surface area contributed by atoms with Gasteiger partial charge in [0.15, 0.2) is 0 Å². The van der Waals surface area contributed by atoms with Crippen LogP contribution in [0, 0.1) is 5.92 Å². The molecule has 0 aromatic rings. The van der Waals surface area contributed by atoms with E-state index in [0.29, 0.717) is 12.5 Å². The first-order valence-corrected chi connectivity index (χ1v) is 4.85. The standard InChI is InChI=1S/C10H21NO3/c1-7(2)9(6-13-4)11-8(3)10(12)14-5/h7-9,11H,6H2,1-5H3/t8-,9+/m0/s1. The first kappa shape index (κ1) is 13.4. The lowest BCUT2D eigenvalue weighted by Crippen LogP contribution is -2.46. The van der Waals surface area contributed by atoms with Gasteiger partial charge < -0.3 is 9.47 Å². The first-order chi connectivity index (χ1) is 6.52. The fourth-order valence-electron chi connectivity index (χ4n) is 1.18. The van der Waals surface area contributed by atoms with Gasteiger partial charge in [0.2, 0.25) is 0 Å². The van der Waals surface area contributed by atoms with E-state index in [1.165, 1.54) is 7.11 Å².